The summed E-state index contributed by atoms with van der Waals surface area (Å²) in [5.74, 6) is 0.300. The van der Waals surface area contributed by atoms with Crippen LogP contribution in [-0.4, -0.2) is 51.6 Å². The zero-order valence-corrected chi connectivity index (χ0v) is 17.9. The molecule has 0 aliphatic carbocycles. The molecule has 0 N–H and O–H groups in total. The van der Waals surface area contributed by atoms with Crippen molar-refractivity contribution in [2.45, 2.75) is 13.0 Å². The molecule has 4 aromatic rings. The molecular weight excluding hydrogens is 400 g/mol. The highest BCUT2D eigenvalue weighted by molar-refractivity contribution is 5.94. The maximum atomic E-state index is 13.4. The van der Waals surface area contributed by atoms with Crippen LogP contribution in [0.1, 0.15) is 21.5 Å². The SMILES string of the molecule is O=C(c1cccc(Cn2ccnc2)c1)N1CCOC[C@@H](Cc2cccc3ncccc23)C1. The highest BCUT2D eigenvalue weighted by Gasteiger charge is 2.24. The summed E-state index contributed by atoms with van der Waals surface area (Å²) in [5.41, 5.74) is 4.06. The Morgan fingerprint density at radius 1 is 1.09 bits per heavy atom. The van der Waals surface area contributed by atoms with Crippen LogP contribution in [0.2, 0.25) is 0 Å². The highest BCUT2D eigenvalue weighted by Crippen LogP contribution is 2.22. The van der Waals surface area contributed by atoms with Crippen molar-refractivity contribution in [2.75, 3.05) is 26.3 Å². The Bertz CT molecular complexity index is 1200. The van der Waals surface area contributed by atoms with Crippen molar-refractivity contribution in [3.63, 3.8) is 0 Å². The molecule has 0 saturated carbocycles. The zero-order valence-electron chi connectivity index (χ0n) is 17.9. The fraction of sp³-hybridized carbons (Fsp3) is 0.269. The Kier molecular flexibility index (Phi) is 5.94. The number of hydrogen-bond acceptors (Lipinski definition) is 4. The molecule has 0 radical (unpaired) electrons. The van der Waals surface area contributed by atoms with Gasteiger partial charge in [0, 0.05) is 55.1 Å². The molecule has 2 aromatic carbocycles. The fourth-order valence-corrected chi connectivity index (χ4v) is 4.42. The molecule has 6 nitrogen and oxygen atoms in total. The predicted molar refractivity (Wildman–Crippen MR) is 123 cm³/mol. The van der Waals surface area contributed by atoms with Gasteiger partial charge in [-0.05, 0) is 41.8 Å². The minimum absolute atomic E-state index is 0.0626. The van der Waals surface area contributed by atoms with Crippen LogP contribution in [0.5, 0.6) is 0 Å². The molecule has 3 heterocycles. The summed E-state index contributed by atoms with van der Waals surface area (Å²) in [6.45, 7) is 3.20. The van der Waals surface area contributed by atoms with Gasteiger partial charge in [-0.2, -0.15) is 0 Å². The molecule has 0 spiro atoms. The number of carbonyl (C=O) groups excluding carboxylic acids is 1. The molecule has 1 aliphatic heterocycles. The van der Waals surface area contributed by atoms with Crippen molar-refractivity contribution in [3.05, 3.63) is 96.2 Å². The lowest BCUT2D eigenvalue weighted by atomic mass is 9.96. The van der Waals surface area contributed by atoms with Crippen LogP contribution >= 0.6 is 0 Å². The van der Waals surface area contributed by atoms with Crippen molar-refractivity contribution in [2.24, 2.45) is 5.92 Å². The summed E-state index contributed by atoms with van der Waals surface area (Å²) in [6, 6.07) is 18.2. The predicted octanol–water partition coefficient (Wildman–Crippen LogP) is 3.81. The van der Waals surface area contributed by atoms with E-state index >= 15 is 0 Å². The Morgan fingerprint density at radius 3 is 2.94 bits per heavy atom. The second kappa shape index (κ2) is 9.32. The van der Waals surface area contributed by atoms with Crippen molar-refractivity contribution in [3.8, 4) is 0 Å². The molecule has 6 heteroatoms. The second-order valence-corrected chi connectivity index (χ2v) is 8.32. The van der Waals surface area contributed by atoms with Gasteiger partial charge in [0.05, 0.1) is 25.1 Å². The Hall–Kier alpha value is -3.51. The van der Waals surface area contributed by atoms with Crippen molar-refractivity contribution < 1.29 is 9.53 Å². The maximum absolute atomic E-state index is 13.4. The van der Waals surface area contributed by atoms with Crippen LogP contribution < -0.4 is 0 Å². The van der Waals surface area contributed by atoms with E-state index in [0.29, 0.717) is 32.8 Å². The minimum atomic E-state index is 0.0626. The first-order valence-corrected chi connectivity index (χ1v) is 11.0. The molecule has 1 saturated heterocycles. The van der Waals surface area contributed by atoms with Crippen molar-refractivity contribution in [1.82, 2.24) is 19.4 Å². The number of fused-ring (bicyclic) bond motifs is 1. The summed E-state index contributed by atoms with van der Waals surface area (Å²) in [4.78, 5) is 23.9. The van der Waals surface area contributed by atoms with Crippen LogP contribution in [0.4, 0.5) is 0 Å². The first-order valence-electron chi connectivity index (χ1n) is 11.0. The van der Waals surface area contributed by atoms with Crippen LogP contribution in [0, 0.1) is 5.92 Å². The van der Waals surface area contributed by atoms with E-state index in [9.17, 15) is 4.79 Å². The fourth-order valence-electron chi connectivity index (χ4n) is 4.42. The number of nitrogens with zero attached hydrogens (tertiary/aromatic N) is 4. The number of ether oxygens (including phenoxy) is 1. The van der Waals surface area contributed by atoms with Gasteiger partial charge in [-0.3, -0.25) is 9.78 Å². The lowest BCUT2D eigenvalue weighted by molar-refractivity contribution is 0.0737. The number of pyridine rings is 1. The molecule has 1 fully saturated rings. The summed E-state index contributed by atoms with van der Waals surface area (Å²) in [6.07, 6.45) is 8.15. The average molecular weight is 427 g/mol. The molecule has 0 unspecified atom stereocenters. The van der Waals surface area contributed by atoms with E-state index in [0.717, 1.165) is 23.1 Å². The molecule has 5 rings (SSSR count). The van der Waals surface area contributed by atoms with E-state index in [2.05, 4.69) is 28.2 Å². The molecule has 32 heavy (non-hydrogen) atoms. The van der Waals surface area contributed by atoms with Gasteiger partial charge in [0.25, 0.3) is 5.91 Å². The van der Waals surface area contributed by atoms with E-state index in [1.165, 1.54) is 10.9 Å². The van der Waals surface area contributed by atoms with E-state index in [1.807, 2.05) is 58.3 Å². The van der Waals surface area contributed by atoms with Gasteiger partial charge in [-0.1, -0.05) is 30.3 Å². The first-order chi connectivity index (χ1) is 15.8. The standard InChI is InChI=1S/C26H26N4O2/c31-26(23-6-1-4-20(14-23)16-29-11-10-27-19-29)30-12-13-32-18-21(17-30)15-22-5-2-8-25-24(22)7-3-9-28-25/h1-11,14,19,21H,12-13,15-18H2/t21-/m0/s1. The number of hydrogen-bond donors (Lipinski definition) is 0. The third-order valence-electron chi connectivity index (χ3n) is 5.97. The summed E-state index contributed by atoms with van der Waals surface area (Å²) in [5, 5.41) is 1.17. The Morgan fingerprint density at radius 2 is 2.03 bits per heavy atom. The lowest BCUT2D eigenvalue weighted by Crippen LogP contribution is -2.36. The number of aromatic nitrogens is 3. The van der Waals surface area contributed by atoms with Crippen LogP contribution in [0.15, 0.2) is 79.5 Å². The minimum Gasteiger partial charge on any atom is -0.379 e. The largest absolute Gasteiger partial charge is 0.379 e. The van der Waals surface area contributed by atoms with Crippen LogP contribution in [0.25, 0.3) is 10.9 Å². The molecular formula is C26H26N4O2. The second-order valence-electron chi connectivity index (χ2n) is 8.32. The Labute approximate surface area is 187 Å². The summed E-state index contributed by atoms with van der Waals surface area (Å²) < 4.78 is 7.88. The third kappa shape index (κ3) is 4.55. The van der Waals surface area contributed by atoms with E-state index in [-0.39, 0.29) is 11.8 Å². The van der Waals surface area contributed by atoms with E-state index < -0.39 is 0 Å². The molecule has 162 valence electrons. The monoisotopic (exact) mass is 426 g/mol. The van der Waals surface area contributed by atoms with Crippen molar-refractivity contribution >= 4 is 16.8 Å². The third-order valence-corrected chi connectivity index (χ3v) is 5.97. The van der Waals surface area contributed by atoms with Crippen LogP contribution in [-0.2, 0) is 17.7 Å². The van der Waals surface area contributed by atoms with E-state index in [4.69, 9.17) is 4.74 Å². The van der Waals surface area contributed by atoms with E-state index in [1.54, 1.807) is 12.5 Å². The van der Waals surface area contributed by atoms with Crippen LogP contribution in [0.3, 0.4) is 0 Å². The van der Waals surface area contributed by atoms with Gasteiger partial charge in [-0.25, -0.2) is 4.98 Å². The van der Waals surface area contributed by atoms with Gasteiger partial charge in [-0.15, -0.1) is 0 Å². The van der Waals surface area contributed by atoms with Gasteiger partial charge in [0.1, 0.15) is 0 Å². The topological polar surface area (TPSA) is 60.2 Å². The molecule has 1 aliphatic rings. The average Bonchev–Trinajstić information content (AvgIpc) is 3.22. The summed E-state index contributed by atoms with van der Waals surface area (Å²) in [7, 11) is 0. The molecule has 0 bridgehead atoms. The number of imidazole rings is 1. The smallest absolute Gasteiger partial charge is 0.253 e. The Balaban J connectivity index is 1.32. The maximum Gasteiger partial charge on any atom is 0.253 e. The molecule has 1 atom stereocenters. The van der Waals surface area contributed by atoms with Gasteiger partial charge >= 0.3 is 0 Å². The molecule has 2 aromatic heterocycles. The van der Waals surface area contributed by atoms with Gasteiger partial charge in [0.2, 0.25) is 0 Å². The number of benzene rings is 2. The zero-order chi connectivity index (χ0) is 21.8. The highest BCUT2D eigenvalue weighted by atomic mass is 16.5. The number of rotatable bonds is 5. The lowest BCUT2D eigenvalue weighted by Gasteiger charge is -2.24. The van der Waals surface area contributed by atoms with Gasteiger partial charge < -0.3 is 14.2 Å². The number of amides is 1. The summed E-state index contributed by atoms with van der Waals surface area (Å²) >= 11 is 0. The van der Waals surface area contributed by atoms with Gasteiger partial charge in [0.15, 0.2) is 0 Å². The first kappa shape index (κ1) is 20.4. The molecule has 1 amide bonds. The number of carbonyl (C=O) groups is 1. The quantitative estimate of drug-likeness (QED) is 0.487. The normalized spacial score (nSPS) is 16.8. The van der Waals surface area contributed by atoms with Crippen molar-refractivity contribution in [1.29, 1.82) is 0 Å².